The van der Waals surface area contributed by atoms with E-state index in [1.165, 1.54) is 37.9 Å². The van der Waals surface area contributed by atoms with Crippen molar-refractivity contribution in [1.29, 1.82) is 0 Å². The molecule has 0 aliphatic heterocycles. The van der Waals surface area contributed by atoms with E-state index in [1.54, 1.807) is 0 Å². The van der Waals surface area contributed by atoms with Gasteiger partial charge in [0.15, 0.2) is 0 Å². The molecule has 1 amide bonds. The zero-order chi connectivity index (χ0) is 21.8. The molecule has 0 fully saturated rings. The number of nitrogens with one attached hydrogen (secondary N) is 1. The molecule has 6 nitrogen and oxygen atoms in total. The van der Waals surface area contributed by atoms with E-state index in [1.807, 2.05) is 31.2 Å². The number of nitrogens with zero attached hydrogens (tertiary/aromatic N) is 2. The van der Waals surface area contributed by atoms with Crippen molar-refractivity contribution in [2.75, 3.05) is 30.9 Å². The first kappa shape index (κ1) is 23.2. The van der Waals surface area contributed by atoms with E-state index in [0.717, 1.165) is 9.99 Å². The van der Waals surface area contributed by atoms with Crippen molar-refractivity contribution in [2.45, 2.75) is 38.1 Å². The number of carbonyl (C=O) groups is 1. The summed E-state index contributed by atoms with van der Waals surface area (Å²) in [5.41, 5.74) is 2.51. The third kappa shape index (κ3) is 5.95. The maximum absolute atomic E-state index is 12.5. The summed E-state index contributed by atoms with van der Waals surface area (Å²) in [5.74, 6) is -0.232. The maximum atomic E-state index is 12.5. The van der Waals surface area contributed by atoms with Crippen LogP contribution in [0, 0.1) is 6.92 Å². The molecule has 0 atom stereocenters. The lowest BCUT2D eigenvalue weighted by Gasteiger charge is -2.29. The number of halogens is 1. The second-order valence-corrected chi connectivity index (χ2v) is 9.91. The molecular weight excluding hydrogens is 410 g/mol. The molecule has 0 heterocycles. The normalized spacial score (nSPS) is 11.7. The zero-order valence-electron chi connectivity index (χ0n) is 17.4. The first-order chi connectivity index (χ1) is 13.5. The number of carbonyl (C=O) groups excluding carboxylic acids is 1. The van der Waals surface area contributed by atoms with Crippen molar-refractivity contribution in [1.82, 2.24) is 4.31 Å². The molecule has 0 spiro atoms. The number of hydrogen-bond acceptors (Lipinski definition) is 4. The number of benzene rings is 2. The zero-order valence-corrected chi connectivity index (χ0v) is 19.0. The number of anilines is 2. The fourth-order valence-corrected chi connectivity index (χ4v) is 3.92. The highest BCUT2D eigenvalue weighted by molar-refractivity contribution is 7.89. The van der Waals surface area contributed by atoms with E-state index in [2.05, 4.69) is 24.1 Å². The van der Waals surface area contributed by atoms with Gasteiger partial charge >= 0.3 is 0 Å². The molecule has 0 saturated carbocycles. The van der Waals surface area contributed by atoms with Crippen LogP contribution in [0.1, 0.15) is 25.8 Å². The molecule has 158 valence electrons. The van der Waals surface area contributed by atoms with Crippen molar-refractivity contribution >= 4 is 38.9 Å². The Balaban J connectivity index is 2.11. The summed E-state index contributed by atoms with van der Waals surface area (Å²) in [6.45, 7) is 6.71. The topological polar surface area (TPSA) is 69.7 Å². The number of hydrogen-bond donors (Lipinski definition) is 1. The summed E-state index contributed by atoms with van der Waals surface area (Å²) >= 11 is 6.16. The Morgan fingerprint density at radius 1 is 1.10 bits per heavy atom. The molecule has 0 aliphatic carbocycles. The van der Waals surface area contributed by atoms with E-state index in [4.69, 9.17) is 11.6 Å². The van der Waals surface area contributed by atoms with Crippen molar-refractivity contribution < 1.29 is 13.2 Å². The monoisotopic (exact) mass is 437 g/mol. The van der Waals surface area contributed by atoms with Gasteiger partial charge in [-0.15, -0.1) is 0 Å². The SMILES string of the molecule is Cc1ccc(N(CCC(=O)Nc2cc(S(=O)(=O)N(C)C)ccc2Cl)C(C)C)cc1. The van der Waals surface area contributed by atoms with Crippen LogP contribution in [0.15, 0.2) is 47.4 Å². The van der Waals surface area contributed by atoms with Gasteiger partial charge in [0.1, 0.15) is 0 Å². The summed E-state index contributed by atoms with van der Waals surface area (Å²) < 4.78 is 25.7. The highest BCUT2D eigenvalue weighted by atomic mass is 35.5. The highest BCUT2D eigenvalue weighted by Gasteiger charge is 2.19. The van der Waals surface area contributed by atoms with E-state index in [0.29, 0.717) is 6.54 Å². The van der Waals surface area contributed by atoms with Crippen LogP contribution in [-0.4, -0.2) is 45.3 Å². The Hall–Kier alpha value is -2.09. The van der Waals surface area contributed by atoms with Crippen LogP contribution in [-0.2, 0) is 14.8 Å². The smallest absolute Gasteiger partial charge is 0.242 e. The predicted octanol–water partition coefficient (Wildman–Crippen LogP) is 4.14. The first-order valence-electron chi connectivity index (χ1n) is 9.37. The van der Waals surface area contributed by atoms with E-state index in [9.17, 15) is 13.2 Å². The lowest BCUT2D eigenvalue weighted by Crippen LogP contribution is -2.33. The van der Waals surface area contributed by atoms with Gasteiger partial charge in [0.05, 0.1) is 15.6 Å². The van der Waals surface area contributed by atoms with Crippen molar-refractivity contribution in [3.05, 3.63) is 53.1 Å². The molecule has 2 aromatic rings. The Morgan fingerprint density at radius 2 is 1.72 bits per heavy atom. The summed E-state index contributed by atoms with van der Waals surface area (Å²) in [4.78, 5) is 14.7. The van der Waals surface area contributed by atoms with Crippen LogP contribution in [0.5, 0.6) is 0 Å². The molecule has 0 unspecified atom stereocenters. The summed E-state index contributed by atoms with van der Waals surface area (Å²) in [7, 11) is -0.709. The molecule has 2 rings (SSSR count). The van der Waals surface area contributed by atoms with Crippen molar-refractivity contribution in [3.8, 4) is 0 Å². The highest BCUT2D eigenvalue weighted by Crippen LogP contribution is 2.27. The number of rotatable bonds is 8. The van der Waals surface area contributed by atoms with Crippen LogP contribution in [0.4, 0.5) is 11.4 Å². The summed E-state index contributed by atoms with van der Waals surface area (Å²) in [6, 6.07) is 12.7. The first-order valence-corrected chi connectivity index (χ1v) is 11.2. The molecule has 1 N–H and O–H groups in total. The maximum Gasteiger partial charge on any atom is 0.242 e. The average Bonchev–Trinajstić information content (AvgIpc) is 2.64. The fourth-order valence-electron chi connectivity index (χ4n) is 2.83. The minimum absolute atomic E-state index is 0.0747. The lowest BCUT2D eigenvalue weighted by molar-refractivity contribution is -0.116. The molecule has 0 saturated heterocycles. The molecule has 0 bridgehead atoms. The van der Waals surface area contributed by atoms with E-state index < -0.39 is 10.0 Å². The number of aryl methyl sites for hydroxylation is 1. The second-order valence-electron chi connectivity index (χ2n) is 7.35. The van der Waals surface area contributed by atoms with Crippen LogP contribution < -0.4 is 10.2 Å². The minimum atomic E-state index is -3.61. The third-order valence-electron chi connectivity index (χ3n) is 4.56. The van der Waals surface area contributed by atoms with Gasteiger partial charge in [-0.05, 0) is 51.1 Å². The standard InChI is InChI=1S/C21H28ClN3O3S/c1-15(2)25(17-8-6-16(3)7-9-17)13-12-21(26)23-20-14-18(10-11-19(20)22)29(27,28)24(4)5/h6-11,14-15H,12-13H2,1-5H3,(H,23,26). The number of sulfonamides is 1. The Kier molecular flexibility index (Phi) is 7.68. The largest absolute Gasteiger partial charge is 0.369 e. The Morgan fingerprint density at radius 3 is 2.28 bits per heavy atom. The molecular formula is C21H28ClN3O3S. The molecule has 29 heavy (non-hydrogen) atoms. The Bertz CT molecular complexity index is 958. The van der Waals surface area contributed by atoms with Crippen molar-refractivity contribution in [2.24, 2.45) is 0 Å². The van der Waals surface area contributed by atoms with Crippen molar-refractivity contribution in [3.63, 3.8) is 0 Å². The van der Waals surface area contributed by atoms with Gasteiger partial charge in [0.25, 0.3) is 0 Å². The Labute approximate surface area is 178 Å². The van der Waals surface area contributed by atoms with Crippen LogP contribution in [0.2, 0.25) is 5.02 Å². The van der Waals surface area contributed by atoms with Gasteiger partial charge in [-0.25, -0.2) is 12.7 Å². The predicted molar refractivity (Wildman–Crippen MR) is 119 cm³/mol. The number of amides is 1. The van der Waals surface area contributed by atoms with Gasteiger partial charge in [0.2, 0.25) is 15.9 Å². The van der Waals surface area contributed by atoms with E-state index >= 15 is 0 Å². The van der Waals surface area contributed by atoms with Gasteiger partial charge in [-0.3, -0.25) is 4.79 Å². The molecule has 0 aliphatic rings. The van der Waals surface area contributed by atoms with Crippen LogP contribution in [0.3, 0.4) is 0 Å². The molecule has 0 aromatic heterocycles. The lowest BCUT2D eigenvalue weighted by atomic mass is 10.1. The minimum Gasteiger partial charge on any atom is -0.369 e. The van der Waals surface area contributed by atoms with Crippen LogP contribution in [0.25, 0.3) is 0 Å². The molecule has 2 aromatic carbocycles. The van der Waals surface area contributed by atoms with Gasteiger partial charge in [-0.1, -0.05) is 29.3 Å². The van der Waals surface area contributed by atoms with Gasteiger partial charge in [-0.2, -0.15) is 0 Å². The second kappa shape index (κ2) is 9.61. The summed E-state index contributed by atoms with van der Waals surface area (Å²) in [5, 5.41) is 3.02. The van der Waals surface area contributed by atoms with Gasteiger partial charge < -0.3 is 10.2 Å². The van der Waals surface area contributed by atoms with E-state index in [-0.39, 0.29) is 34.0 Å². The van der Waals surface area contributed by atoms with Crippen LogP contribution >= 0.6 is 11.6 Å². The third-order valence-corrected chi connectivity index (χ3v) is 6.70. The molecule has 8 heteroatoms. The quantitative estimate of drug-likeness (QED) is 0.673. The fraction of sp³-hybridized carbons (Fsp3) is 0.381. The summed E-state index contributed by atoms with van der Waals surface area (Å²) in [6.07, 6.45) is 0.243. The molecule has 0 radical (unpaired) electrons. The van der Waals surface area contributed by atoms with Gasteiger partial charge in [0, 0.05) is 38.8 Å². The average molecular weight is 438 g/mol.